The van der Waals surface area contributed by atoms with Crippen LogP contribution in [0, 0.1) is 11.7 Å². The fourth-order valence-corrected chi connectivity index (χ4v) is 3.95. The molecule has 1 aliphatic heterocycles. The maximum absolute atomic E-state index is 14.0. The molecule has 1 aromatic carbocycles. The number of carbonyl (C=O) groups is 2. The van der Waals surface area contributed by atoms with E-state index in [0.29, 0.717) is 18.7 Å². The molecule has 0 spiro atoms. The van der Waals surface area contributed by atoms with Gasteiger partial charge in [0.1, 0.15) is 5.82 Å². The highest BCUT2D eigenvalue weighted by atomic mass is 19.1. The number of amides is 2. The molecule has 1 aliphatic rings. The second-order valence-corrected chi connectivity index (χ2v) is 8.20. The predicted octanol–water partition coefficient (Wildman–Crippen LogP) is 2.46. The number of aromatic nitrogens is 2. The van der Waals surface area contributed by atoms with Crippen molar-refractivity contribution in [3.05, 3.63) is 47.5 Å². The average Bonchev–Trinajstić information content (AvgIpc) is 3.14. The fourth-order valence-electron chi connectivity index (χ4n) is 3.95. The summed E-state index contributed by atoms with van der Waals surface area (Å²) in [6.45, 7) is 6.40. The van der Waals surface area contributed by atoms with Gasteiger partial charge in [-0.05, 0) is 32.9 Å². The van der Waals surface area contributed by atoms with Crippen LogP contribution in [0.5, 0.6) is 0 Å². The third-order valence-electron chi connectivity index (χ3n) is 5.03. The van der Waals surface area contributed by atoms with Crippen molar-refractivity contribution in [3.8, 4) is 0 Å². The first-order valence-electron chi connectivity index (χ1n) is 9.22. The number of hydrogen-bond acceptors (Lipinski definition) is 4. The number of rotatable bonds is 5. The van der Waals surface area contributed by atoms with E-state index in [9.17, 15) is 14.0 Å². The number of hydrogen-bond donors (Lipinski definition) is 2. The Hall–Kier alpha value is -2.90. The number of carbonyl (C=O) groups excluding carboxylic acids is 2. The Morgan fingerprint density at radius 3 is 2.68 bits per heavy atom. The molecule has 8 heteroatoms. The van der Waals surface area contributed by atoms with E-state index in [1.807, 2.05) is 38.9 Å². The SMILES string of the molecule is Cn1cc([C@@H]2[C@@H](CNc3cccc(F)c3C(N)=O)CC(=O)N2C(C)(C)C)cn1. The summed E-state index contributed by atoms with van der Waals surface area (Å²) in [6.07, 6.45) is 4.03. The maximum Gasteiger partial charge on any atom is 0.253 e. The quantitative estimate of drug-likeness (QED) is 0.824. The number of benzene rings is 1. The van der Waals surface area contributed by atoms with Crippen molar-refractivity contribution in [2.45, 2.75) is 38.8 Å². The highest BCUT2D eigenvalue weighted by Gasteiger charge is 2.45. The van der Waals surface area contributed by atoms with E-state index < -0.39 is 11.7 Å². The van der Waals surface area contributed by atoms with Gasteiger partial charge < -0.3 is 16.0 Å². The van der Waals surface area contributed by atoms with E-state index in [2.05, 4.69) is 10.4 Å². The van der Waals surface area contributed by atoms with Crippen LogP contribution in [-0.2, 0) is 11.8 Å². The summed E-state index contributed by atoms with van der Waals surface area (Å²) in [5, 5.41) is 7.38. The third kappa shape index (κ3) is 3.72. The van der Waals surface area contributed by atoms with Crippen LogP contribution in [0.15, 0.2) is 30.6 Å². The van der Waals surface area contributed by atoms with Gasteiger partial charge in [0.25, 0.3) is 5.91 Å². The fraction of sp³-hybridized carbons (Fsp3) is 0.450. The normalized spacial score (nSPS) is 19.9. The predicted molar refractivity (Wildman–Crippen MR) is 104 cm³/mol. The first-order chi connectivity index (χ1) is 13.1. The molecule has 2 aromatic rings. The van der Waals surface area contributed by atoms with Gasteiger partial charge in [0.05, 0.1) is 17.8 Å². The lowest BCUT2D eigenvalue weighted by molar-refractivity contribution is -0.133. The topological polar surface area (TPSA) is 93.2 Å². The number of aryl methyl sites for hydroxylation is 1. The lowest BCUT2D eigenvalue weighted by Gasteiger charge is -2.38. The number of nitrogens with two attached hydrogens (primary N) is 1. The Balaban J connectivity index is 1.90. The minimum absolute atomic E-state index is 0.0579. The monoisotopic (exact) mass is 387 g/mol. The first kappa shape index (κ1) is 19.9. The zero-order valence-corrected chi connectivity index (χ0v) is 16.6. The number of likely N-dealkylation sites (tertiary alicyclic amines) is 1. The molecule has 0 aliphatic carbocycles. The number of nitrogens with one attached hydrogen (secondary N) is 1. The van der Waals surface area contributed by atoms with E-state index in [0.717, 1.165) is 5.56 Å². The van der Waals surface area contributed by atoms with Gasteiger partial charge in [0.15, 0.2) is 0 Å². The molecule has 1 saturated heterocycles. The highest BCUT2D eigenvalue weighted by molar-refractivity contribution is 5.98. The van der Waals surface area contributed by atoms with E-state index >= 15 is 0 Å². The Labute approximate surface area is 163 Å². The number of nitrogens with zero attached hydrogens (tertiary/aromatic N) is 3. The van der Waals surface area contributed by atoms with Gasteiger partial charge in [-0.1, -0.05) is 6.07 Å². The molecule has 0 radical (unpaired) electrons. The largest absolute Gasteiger partial charge is 0.384 e. The smallest absolute Gasteiger partial charge is 0.253 e. The van der Waals surface area contributed by atoms with E-state index in [4.69, 9.17) is 5.73 Å². The van der Waals surface area contributed by atoms with Crippen molar-refractivity contribution >= 4 is 17.5 Å². The van der Waals surface area contributed by atoms with Crippen LogP contribution in [0.4, 0.5) is 10.1 Å². The Bertz CT molecular complexity index is 902. The molecule has 1 aromatic heterocycles. The van der Waals surface area contributed by atoms with E-state index in [1.54, 1.807) is 16.9 Å². The average molecular weight is 387 g/mol. The van der Waals surface area contributed by atoms with Crippen molar-refractivity contribution in [2.24, 2.45) is 18.7 Å². The molecular formula is C20H26FN5O2. The van der Waals surface area contributed by atoms with Crippen molar-refractivity contribution in [3.63, 3.8) is 0 Å². The molecule has 0 saturated carbocycles. The zero-order valence-electron chi connectivity index (χ0n) is 16.6. The van der Waals surface area contributed by atoms with Gasteiger partial charge in [-0.15, -0.1) is 0 Å². The number of anilines is 1. The highest BCUT2D eigenvalue weighted by Crippen LogP contribution is 2.42. The van der Waals surface area contributed by atoms with Crippen molar-refractivity contribution in [1.29, 1.82) is 0 Å². The van der Waals surface area contributed by atoms with Gasteiger partial charge in [0, 0.05) is 48.9 Å². The van der Waals surface area contributed by atoms with Crippen molar-refractivity contribution in [1.82, 2.24) is 14.7 Å². The molecule has 3 rings (SSSR count). The molecule has 0 bridgehead atoms. The van der Waals surface area contributed by atoms with E-state index in [-0.39, 0.29) is 29.0 Å². The summed E-state index contributed by atoms with van der Waals surface area (Å²) < 4.78 is 15.7. The van der Waals surface area contributed by atoms with Crippen molar-refractivity contribution < 1.29 is 14.0 Å². The minimum Gasteiger partial charge on any atom is -0.384 e. The standard InChI is InChI=1S/C20H26FN5O2/c1-20(2,3)26-16(27)8-12(18(26)13-10-24-25(4)11-13)9-23-15-7-5-6-14(21)17(15)19(22)28/h5-7,10-12,18,23H,8-9H2,1-4H3,(H2,22,28)/t12-,18+/m1/s1. The lowest BCUT2D eigenvalue weighted by atomic mass is 9.93. The molecule has 0 unspecified atom stereocenters. The van der Waals surface area contributed by atoms with Gasteiger partial charge >= 0.3 is 0 Å². The van der Waals surface area contributed by atoms with Crippen LogP contribution in [0.2, 0.25) is 0 Å². The van der Waals surface area contributed by atoms with E-state index in [1.165, 1.54) is 12.1 Å². The van der Waals surface area contributed by atoms with Gasteiger partial charge in [-0.25, -0.2) is 4.39 Å². The third-order valence-corrected chi connectivity index (χ3v) is 5.03. The van der Waals surface area contributed by atoms with Gasteiger partial charge in [-0.2, -0.15) is 5.10 Å². The molecular weight excluding hydrogens is 361 g/mol. The molecule has 2 amide bonds. The van der Waals surface area contributed by atoms with Crippen LogP contribution < -0.4 is 11.1 Å². The first-order valence-corrected chi connectivity index (χ1v) is 9.22. The molecule has 2 heterocycles. The van der Waals surface area contributed by atoms with Gasteiger partial charge in [-0.3, -0.25) is 14.3 Å². The molecule has 3 N–H and O–H groups in total. The van der Waals surface area contributed by atoms with Crippen LogP contribution in [-0.4, -0.2) is 38.6 Å². The van der Waals surface area contributed by atoms with Crippen LogP contribution in [0.1, 0.15) is 49.2 Å². The second kappa shape index (κ2) is 7.26. The van der Waals surface area contributed by atoms with Crippen LogP contribution >= 0.6 is 0 Å². The number of primary amides is 1. The summed E-state index contributed by atoms with van der Waals surface area (Å²) in [5.74, 6) is -1.51. The molecule has 150 valence electrons. The summed E-state index contributed by atoms with van der Waals surface area (Å²) in [4.78, 5) is 26.3. The molecule has 1 fully saturated rings. The number of halogens is 1. The van der Waals surface area contributed by atoms with Gasteiger partial charge in [0.2, 0.25) is 5.91 Å². The Morgan fingerprint density at radius 1 is 1.39 bits per heavy atom. The molecule has 7 nitrogen and oxygen atoms in total. The lowest BCUT2D eigenvalue weighted by Crippen LogP contribution is -2.44. The Kier molecular flexibility index (Phi) is 5.14. The molecule has 2 atom stereocenters. The maximum atomic E-state index is 14.0. The second-order valence-electron chi connectivity index (χ2n) is 8.20. The summed E-state index contributed by atoms with van der Waals surface area (Å²) in [5.41, 5.74) is 6.08. The van der Waals surface area contributed by atoms with Crippen LogP contribution in [0.25, 0.3) is 0 Å². The minimum atomic E-state index is -0.830. The zero-order chi connectivity index (χ0) is 20.6. The Morgan fingerprint density at radius 2 is 2.11 bits per heavy atom. The summed E-state index contributed by atoms with van der Waals surface area (Å²) in [6, 6.07) is 4.16. The summed E-state index contributed by atoms with van der Waals surface area (Å²) in [7, 11) is 1.83. The van der Waals surface area contributed by atoms with Crippen LogP contribution in [0.3, 0.4) is 0 Å². The summed E-state index contributed by atoms with van der Waals surface area (Å²) >= 11 is 0. The molecule has 28 heavy (non-hydrogen) atoms. The van der Waals surface area contributed by atoms with Crippen molar-refractivity contribution in [2.75, 3.05) is 11.9 Å².